The maximum atomic E-state index is 12.7. The summed E-state index contributed by atoms with van der Waals surface area (Å²) in [5, 5.41) is 180. The van der Waals surface area contributed by atoms with Crippen LogP contribution in [0, 0.1) is 0 Å². The number of ether oxygens (including phenoxy) is 11. The molecule has 434 valence electrons. The molecule has 30 atom stereocenters. The topological polar surface area (TPSA) is 513 Å². The maximum absolute atomic E-state index is 12.7. The highest BCUT2D eigenvalue weighted by atomic mass is 16.8. The molecule has 6 fully saturated rings. The second kappa shape index (κ2) is 26.5. The Balaban J connectivity index is 1.25. The van der Waals surface area contributed by atoms with Gasteiger partial charge in [-0.3, -0.25) is 14.4 Å². The summed E-state index contributed by atoms with van der Waals surface area (Å²) in [5.74, 6) is -2.36. The summed E-state index contributed by atoms with van der Waals surface area (Å²) in [6, 6.07) is -5.01. The SMILES string of the molecule is CC(=O)N[C@@H]1[C@@H](O)[C@H](O[C@@H]2O[C@H](CO)[C@@H](O[C@@H]3O[C@H](CO)[C@@H](O)[C@H](O[C@@H]4O[C@H](CO)[C@@H](O)[C@H](O)[C@@H]4O[C@@H]4O[C@H](CO)[C@@H](O)[C@H](O)[C@H]4NC(C)=O)[C@@H]3O)[C@H](O)[C@H]2NC(C)=O)[C@@H](CO[C@H]2O[C@@H](C)[C@@H](O)[C@@H](O)[C@@H]2O)O[C@H]1O. The first kappa shape index (κ1) is 61.5. The Labute approximate surface area is 426 Å². The van der Waals surface area contributed by atoms with Crippen molar-refractivity contribution in [3.63, 3.8) is 0 Å². The number of aliphatic hydroxyl groups excluding tert-OH is 16. The molecule has 3 amide bonds. The van der Waals surface area contributed by atoms with Gasteiger partial charge in [0.2, 0.25) is 17.7 Å². The third kappa shape index (κ3) is 13.7. The lowest BCUT2D eigenvalue weighted by Gasteiger charge is -2.50. The summed E-state index contributed by atoms with van der Waals surface area (Å²) in [6.45, 7) is -0.201. The van der Waals surface area contributed by atoms with E-state index in [0.29, 0.717) is 0 Å². The van der Waals surface area contributed by atoms with Crippen molar-refractivity contribution >= 4 is 17.7 Å². The Hall–Kier alpha value is -2.67. The summed E-state index contributed by atoms with van der Waals surface area (Å²) < 4.78 is 63.7. The van der Waals surface area contributed by atoms with Crippen LogP contribution in [-0.2, 0) is 66.5 Å². The van der Waals surface area contributed by atoms with Crippen molar-refractivity contribution in [1.82, 2.24) is 16.0 Å². The van der Waals surface area contributed by atoms with Crippen molar-refractivity contribution in [1.29, 1.82) is 0 Å². The van der Waals surface area contributed by atoms with E-state index in [0.717, 1.165) is 20.8 Å². The van der Waals surface area contributed by atoms with Gasteiger partial charge in [-0.15, -0.1) is 0 Å². The highest BCUT2D eigenvalue weighted by molar-refractivity contribution is 5.74. The highest BCUT2D eigenvalue weighted by Crippen LogP contribution is 2.36. The van der Waals surface area contributed by atoms with Gasteiger partial charge in [0.15, 0.2) is 37.7 Å². The molecule has 6 rings (SSSR count). The van der Waals surface area contributed by atoms with E-state index in [9.17, 15) is 96.1 Å². The summed E-state index contributed by atoms with van der Waals surface area (Å²) >= 11 is 0. The fourth-order valence-corrected chi connectivity index (χ4v) is 9.55. The number of aliphatic hydroxyl groups is 16. The van der Waals surface area contributed by atoms with E-state index in [2.05, 4.69) is 16.0 Å². The molecule has 0 aromatic heterocycles. The third-order valence-electron chi connectivity index (χ3n) is 13.6. The normalized spacial score (nSPS) is 48.6. The minimum atomic E-state index is -2.25. The Morgan fingerprint density at radius 1 is 0.373 bits per heavy atom. The number of carbonyl (C=O) groups excluding carboxylic acids is 3. The Morgan fingerprint density at radius 3 is 1.36 bits per heavy atom. The van der Waals surface area contributed by atoms with E-state index in [1.807, 2.05) is 0 Å². The molecule has 0 bridgehead atoms. The zero-order chi connectivity index (χ0) is 55.5. The van der Waals surface area contributed by atoms with Crippen molar-refractivity contribution in [2.45, 2.75) is 212 Å². The third-order valence-corrected chi connectivity index (χ3v) is 13.6. The van der Waals surface area contributed by atoms with Crippen molar-refractivity contribution in [2.24, 2.45) is 0 Å². The number of hydrogen-bond donors (Lipinski definition) is 19. The number of rotatable bonds is 18. The zero-order valence-corrected chi connectivity index (χ0v) is 40.7. The lowest BCUT2D eigenvalue weighted by Crippen LogP contribution is -2.70. The van der Waals surface area contributed by atoms with Gasteiger partial charge in [0.05, 0.1) is 39.1 Å². The van der Waals surface area contributed by atoms with Crippen molar-refractivity contribution in [2.75, 3.05) is 33.0 Å². The second-order valence-electron chi connectivity index (χ2n) is 19.0. The van der Waals surface area contributed by atoms with Crippen LogP contribution < -0.4 is 16.0 Å². The molecule has 0 aromatic carbocycles. The molecule has 0 unspecified atom stereocenters. The predicted molar refractivity (Wildman–Crippen MR) is 233 cm³/mol. The Morgan fingerprint density at radius 2 is 0.800 bits per heavy atom. The van der Waals surface area contributed by atoms with Crippen molar-refractivity contribution < 1.29 is 148 Å². The van der Waals surface area contributed by atoms with Crippen LogP contribution in [0.2, 0.25) is 0 Å². The van der Waals surface area contributed by atoms with E-state index in [1.165, 1.54) is 6.92 Å². The summed E-state index contributed by atoms with van der Waals surface area (Å²) in [6.07, 6.45) is -49.7. The van der Waals surface area contributed by atoms with E-state index in [4.69, 9.17) is 52.1 Å². The molecule has 75 heavy (non-hydrogen) atoms. The van der Waals surface area contributed by atoms with E-state index < -0.39 is 235 Å². The van der Waals surface area contributed by atoms with Crippen LogP contribution in [0.5, 0.6) is 0 Å². The van der Waals surface area contributed by atoms with E-state index in [-0.39, 0.29) is 0 Å². The lowest BCUT2D eigenvalue weighted by atomic mass is 9.93. The van der Waals surface area contributed by atoms with Gasteiger partial charge in [0.1, 0.15) is 140 Å². The average molecular weight is 1100 g/mol. The first-order valence-corrected chi connectivity index (χ1v) is 23.9. The number of amides is 3. The van der Waals surface area contributed by atoms with Crippen LogP contribution in [0.25, 0.3) is 0 Å². The molecule has 6 saturated heterocycles. The van der Waals surface area contributed by atoms with Gasteiger partial charge in [-0.05, 0) is 6.92 Å². The summed E-state index contributed by atoms with van der Waals surface area (Å²) in [4.78, 5) is 36.9. The lowest BCUT2D eigenvalue weighted by molar-refractivity contribution is -0.392. The molecule has 6 aliphatic rings. The summed E-state index contributed by atoms with van der Waals surface area (Å²) in [7, 11) is 0. The Kier molecular flexibility index (Phi) is 21.8. The van der Waals surface area contributed by atoms with Gasteiger partial charge in [0.25, 0.3) is 0 Å². The minimum Gasteiger partial charge on any atom is -0.394 e. The quantitative estimate of drug-likeness (QED) is 0.0606. The van der Waals surface area contributed by atoms with Gasteiger partial charge >= 0.3 is 0 Å². The molecule has 0 saturated carbocycles. The van der Waals surface area contributed by atoms with Crippen molar-refractivity contribution in [3.05, 3.63) is 0 Å². The van der Waals surface area contributed by atoms with Crippen molar-refractivity contribution in [3.8, 4) is 0 Å². The fourth-order valence-electron chi connectivity index (χ4n) is 9.55. The standard InChI is InChI=1S/C42H71N3O30/c1-10-22(53)29(60)31(62)40(66-10)65-9-18-34(27(58)19(37(64)67-18)43-11(2)50)72-39-21(45-13(4)52)28(59)33(17(8-49)71-39)73-41-32(63)35(25(56)16(7-48)69-41)74-42-36(30(61)24(55)15(6-47)70-42)75-38-20(44-12(3)51)26(57)23(54)14(5-46)68-38/h10,14-42,46-49,53-64H,5-9H2,1-4H3,(H,43,50)(H,44,51)(H,45,52)/t10-,14+,15+,16+,17+,18+,19+,20+,21+,22+,23+,24+,25+,26+,27+,28+,29+,30-,31-,32-,33+,34+,35-,36-,37+,38-,39-,40-,41-,42-/m0/s1. The molecule has 19 N–H and O–H groups in total. The van der Waals surface area contributed by atoms with Gasteiger partial charge in [-0.2, -0.15) is 0 Å². The highest BCUT2D eigenvalue weighted by Gasteiger charge is 2.58. The molecular weight excluding hydrogens is 1030 g/mol. The number of carbonyl (C=O) groups is 3. The smallest absolute Gasteiger partial charge is 0.217 e. The van der Waals surface area contributed by atoms with Gasteiger partial charge in [0, 0.05) is 20.8 Å². The molecular formula is C42H71N3O30. The first-order valence-electron chi connectivity index (χ1n) is 23.9. The maximum Gasteiger partial charge on any atom is 0.217 e. The van der Waals surface area contributed by atoms with Gasteiger partial charge < -0.3 is 150 Å². The van der Waals surface area contributed by atoms with E-state index >= 15 is 0 Å². The molecule has 33 nitrogen and oxygen atoms in total. The number of nitrogens with one attached hydrogen (secondary N) is 3. The molecule has 6 heterocycles. The average Bonchev–Trinajstić information content (AvgIpc) is 3.36. The summed E-state index contributed by atoms with van der Waals surface area (Å²) in [5.41, 5.74) is 0. The van der Waals surface area contributed by atoms with Crippen LogP contribution >= 0.6 is 0 Å². The van der Waals surface area contributed by atoms with Gasteiger partial charge in [-0.25, -0.2) is 0 Å². The monoisotopic (exact) mass is 1100 g/mol. The molecule has 0 aliphatic carbocycles. The minimum absolute atomic E-state index is 0.724. The molecule has 33 heteroatoms. The van der Waals surface area contributed by atoms with Crippen LogP contribution in [-0.4, -0.2) is 317 Å². The predicted octanol–water partition coefficient (Wildman–Crippen LogP) is -12.6. The van der Waals surface area contributed by atoms with Crippen LogP contribution in [0.15, 0.2) is 0 Å². The van der Waals surface area contributed by atoms with Crippen LogP contribution in [0.4, 0.5) is 0 Å². The first-order chi connectivity index (χ1) is 35.4. The largest absolute Gasteiger partial charge is 0.394 e. The van der Waals surface area contributed by atoms with Gasteiger partial charge in [-0.1, -0.05) is 0 Å². The fraction of sp³-hybridized carbons (Fsp3) is 0.929. The Bertz CT molecular complexity index is 1850. The van der Waals surface area contributed by atoms with Crippen LogP contribution in [0.1, 0.15) is 27.7 Å². The second-order valence-corrected chi connectivity index (χ2v) is 19.0. The molecule has 0 spiro atoms. The molecule has 6 aliphatic heterocycles. The van der Waals surface area contributed by atoms with Crippen LogP contribution in [0.3, 0.4) is 0 Å². The molecule has 0 aromatic rings. The molecule has 0 radical (unpaired) electrons. The number of hydrogen-bond acceptors (Lipinski definition) is 30. The van der Waals surface area contributed by atoms with E-state index in [1.54, 1.807) is 0 Å². The zero-order valence-electron chi connectivity index (χ0n) is 40.7.